The second-order valence-corrected chi connectivity index (χ2v) is 3.21. The Morgan fingerprint density at radius 2 is 1.93 bits per heavy atom. The van der Waals surface area contributed by atoms with Gasteiger partial charge in [0.1, 0.15) is 5.60 Å². The fourth-order valence-electron chi connectivity index (χ4n) is 0.976. The van der Waals surface area contributed by atoms with Crippen LogP contribution in [0.3, 0.4) is 0 Å². The highest BCUT2D eigenvalue weighted by atomic mass is 16.3. The number of aromatic amines is 1. The minimum absolute atomic E-state index is 0.119. The molecule has 1 fully saturated rings. The molecule has 0 radical (unpaired) electrons. The average Bonchev–Trinajstić information content (AvgIpc) is 2.63. The van der Waals surface area contributed by atoms with Gasteiger partial charge in [0.05, 0.1) is 6.42 Å². The number of nitrogens with one attached hydrogen (secondary N) is 2. The molecule has 3 N–H and O–H groups in total. The number of hydrogen-bond donors (Lipinski definition) is 3. The van der Waals surface area contributed by atoms with Gasteiger partial charge in [0.15, 0.2) is 0 Å². The Morgan fingerprint density at radius 1 is 1.36 bits per heavy atom. The van der Waals surface area contributed by atoms with Crippen LogP contribution in [0.2, 0.25) is 0 Å². The molecule has 1 atom stereocenters. The Kier molecular flexibility index (Phi) is 3.03. The number of amides is 2. The van der Waals surface area contributed by atoms with Crippen LogP contribution in [0.5, 0.6) is 0 Å². The van der Waals surface area contributed by atoms with Crippen LogP contribution in [-0.4, -0.2) is 27.5 Å². The van der Waals surface area contributed by atoms with E-state index in [4.69, 9.17) is 5.11 Å². The van der Waals surface area contributed by atoms with E-state index in [0.717, 1.165) is 0 Å². The Morgan fingerprint density at radius 3 is 2.07 bits per heavy atom. The van der Waals surface area contributed by atoms with Crippen LogP contribution >= 0.6 is 0 Å². The summed E-state index contributed by atoms with van der Waals surface area (Å²) in [7, 11) is 0. The number of H-pyrrole nitrogens is 1. The monoisotopic (exact) mass is 196 g/mol. The molecule has 5 nitrogen and oxygen atoms in total. The lowest BCUT2D eigenvalue weighted by Gasteiger charge is -2.07. The van der Waals surface area contributed by atoms with Gasteiger partial charge in [-0.3, -0.25) is 14.9 Å². The van der Waals surface area contributed by atoms with Gasteiger partial charge in [-0.15, -0.1) is 0 Å². The largest absolute Gasteiger partial charge is 0.380 e. The van der Waals surface area contributed by atoms with Crippen molar-refractivity contribution in [1.29, 1.82) is 0 Å². The van der Waals surface area contributed by atoms with Crippen molar-refractivity contribution in [2.75, 3.05) is 0 Å². The summed E-state index contributed by atoms with van der Waals surface area (Å²) in [5.74, 6) is -1.02. The van der Waals surface area contributed by atoms with Gasteiger partial charge in [0.2, 0.25) is 5.91 Å². The van der Waals surface area contributed by atoms with Crippen LogP contribution in [0.25, 0.3) is 0 Å². The first-order chi connectivity index (χ1) is 6.52. The molecule has 1 aromatic heterocycles. The molecule has 1 saturated heterocycles. The van der Waals surface area contributed by atoms with Gasteiger partial charge in [-0.2, -0.15) is 0 Å². The number of carbonyl (C=O) groups excluding carboxylic acids is 2. The number of imide groups is 1. The Labute approximate surface area is 81.1 Å². The van der Waals surface area contributed by atoms with Gasteiger partial charge in [0.25, 0.3) is 5.91 Å². The van der Waals surface area contributed by atoms with Crippen molar-refractivity contribution in [3.63, 3.8) is 0 Å². The highest BCUT2D eigenvalue weighted by Crippen LogP contribution is 2.14. The SMILES string of the molecule is CC1(O)CC(=O)NC1=O.c1cc[nH]c1. The molecule has 2 amide bonds. The van der Waals surface area contributed by atoms with Crippen LogP contribution in [-0.2, 0) is 9.59 Å². The summed E-state index contributed by atoms with van der Waals surface area (Å²) in [6.07, 6.45) is 3.63. The van der Waals surface area contributed by atoms with Crippen molar-refractivity contribution in [2.24, 2.45) is 0 Å². The molecule has 2 heterocycles. The molecule has 0 saturated carbocycles. The second kappa shape index (κ2) is 4.06. The van der Waals surface area contributed by atoms with Gasteiger partial charge in [-0.25, -0.2) is 0 Å². The van der Waals surface area contributed by atoms with Crippen LogP contribution in [0, 0.1) is 0 Å². The third-order valence-electron chi connectivity index (χ3n) is 1.74. The third kappa shape index (κ3) is 2.70. The van der Waals surface area contributed by atoms with Crippen molar-refractivity contribution < 1.29 is 14.7 Å². The maximum atomic E-state index is 10.5. The Hall–Kier alpha value is -1.62. The zero-order chi connectivity index (χ0) is 10.6. The number of carbonyl (C=O) groups is 2. The number of aliphatic hydroxyl groups is 1. The standard InChI is InChI=1S/C5H7NO3.C4H5N/c1-5(9)2-3(7)6-4(5)8;1-2-4-5-3-1/h9H,2H2,1H3,(H,6,7,8);1-5H. The van der Waals surface area contributed by atoms with E-state index >= 15 is 0 Å². The average molecular weight is 196 g/mol. The van der Waals surface area contributed by atoms with Gasteiger partial charge in [-0.1, -0.05) is 0 Å². The van der Waals surface area contributed by atoms with E-state index in [9.17, 15) is 9.59 Å². The zero-order valence-corrected chi connectivity index (χ0v) is 7.78. The number of aromatic nitrogens is 1. The molecule has 0 spiro atoms. The van der Waals surface area contributed by atoms with E-state index in [-0.39, 0.29) is 6.42 Å². The molecule has 1 aliphatic rings. The molecule has 14 heavy (non-hydrogen) atoms. The van der Waals surface area contributed by atoms with Crippen molar-refractivity contribution >= 4 is 11.8 Å². The fraction of sp³-hybridized carbons (Fsp3) is 0.333. The molecular formula is C9H12N2O3. The summed E-state index contributed by atoms with van der Waals surface area (Å²) in [4.78, 5) is 23.8. The first-order valence-corrected chi connectivity index (χ1v) is 4.17. The summed E-state index contributed by atoms with van der Waals surface area (Å²) in [6.45, 7) is 1.31. The molecule has 76 valence electrons. The quantitative estimate of drug-likeness (QED) is 0.502. The molecule has 0 bridgehead atoms. The molecule has 0 aliphatic carbocycles. The normalized spacial score (nSPS) is 25.3. The van der Waals surface area contributed by atoms with E-state index in [1.807, 2.05) is 29.8 Å². The highest BCUT2D eigenvalue weighted by Gasteiger charge is 2.40. The topological polar surface area (TPSA) is 82.2 Å². The molecule has 2 rings (SSSR count). The minimum atomic E-state index is -1.48. The minimum Gasteiger partial charge on any atom is -0.380 e. The smallest absolute Gasteiger partial charge is 0.258 e. The first kappa shape index (κ1) is 10.5. The van der Waals surface area contributed by atoms with Crippen molar-refractivity contribution in [2.45, 2.75) is 18.9 Å². The van der Waals surface area contributed by atoms with Gasteiger partial charge >= 0.3 is 0 Å². The van der Waals surface area contributed by atoms with Crippen LogP contribution in [0.15, 0.2) is 24.5 Å². The highest BCUT2D eigenvalue weighted by molar-refractivity contribution is 6.07. The summed E-state index contributed by atoms with van der Waals surface area (Å²) in [6, 6.07) is 3.89. The van der Waals surface area contributed by atoms with Gasteiger partial charge in [-0.05, 0) is 19.1 Å². The van der Waals surface area contributed by atoms with Crippen LogP contribution in [0.4, 0.5) is 0 Å². The summed E-state index contributed by atoms with van der Waals surface area (Å²) in [5.41, 5.74) is -1.48. The van der Waals surface area contributed by atoms with E-state index in [1.54, 1.807) is 0 Å². The predicted molar refractivity (Wildman–Crippen MR) is 49.2 cm³/mol. The predicted octanol–water partition coefficient (Wildman–Crippen LogP) is -0.201. The molecular weight excluding hydrogens is 184 g/mol. The number of rotatable bonds is 0. The first-order valence-electron chi connectivity index (χ1n) is 4.17. The third-order valence-corrected chi connectivity index (χ3v) is 1.74. The fourth-order valence-corrected chi connectivity index (χ4v) is 0.976. The Bertz CT molecular complexity index is 300. The lowest BCUT2D eigenvalue weighted by molar-refractivity contribution is -0.133. The van der Waals surface area contributed by atoms with Crippen LogP contribution in [0.1, 0.15) is 13.3 Å². The summed E-state index contributed by atoms with van der Waals surface area (Å²) in [5, 5.41) is 11.0. The maximum Gasteiger partial charge on any atom is 0.258 e. The molecule has 1 aromatic rings. The second-order valence-electron chi connectivity index (χ2n) is 3.21. The van der Waals surface area contributed by atoms with E-state index in [2.05, 4.69) is 4.98 Å². The molecule has 1 aliphatic heterocycles. The van der Waals surface area contributed by atoms with Crippen LogP contribution < -0.4 is 5.32 Å². The summed E-state index contributed by atoms with van der Waals surface area (Å²) < 4.78 is 0. The zero-order valence-electron chi connectivity index (χ0n) is 7.78. The van der Waals surface area contributed by atoms with E-state index < -0.39 is 17.4 Å². The molecule has 5 heteroatoms. The molecule has 1 unspecified atom stereocenters. The maximum absolute atomic E-state index is 10.5. The van der Waals surface area contributed by atoms with E-state index in [1.165, 1.54) is 6.92 Å². The lowest BCUT2D eigenvalue weighted by Crippen LogP contribution is -2.34. The number of hydrogen-bond acceptors (Lipinski definition) is 3. The lowest BCUT2D eigenvalue weighted by atomic mass is 10.1. The van der Waals surface area contributed by atoms with Crippen molar-refractivity contribution in [3.05, 3.63) is 24.5 Å². The molecule has 0 aromatic carbocycles. The Balaban J connectivity index is 0.000000165. The van der Waals surface area contributed by atoms with Gasteiger partial charge < -0.3 is 10.1 Å². The van der Waals surface area contributed by atoms with Crippen molar-refractivity contribution in [3.8, 4) is 0 Å². The van der Waals surface area contributed by atoms with E-state index in [0.29, 0.717) is 0 Å². The van der Waals surface area contributed by atoms with Gasteiger partial charge in [0, 0.05) is 12.4 Å². The van der Waals surface area contributed by atoms with Crippen molar-refractivity contribution in [1.82, 2.24) is 10.3 Å². The summed E-state index contributed by atoms with van der Waals surface area (Å²) >= 11 is 0.